The predicted octanol–water partition coefficient (Wildman–Crippen LogP) is 8.38. The van der Waals surface area contributed by atoms with E-state index >= 15 is 0 Å². The molecule has 9 nitrogen and oxygen atoms in total. The van der Waals surface area contributed by atoms with Gasteiger partial charge in [-0.15, -0.1) is 5.69 Å². The Morgan fingerprint density at radius 1 is 0.729 bits per heavy atom. The van der Waals surface area contributed by atoms with E-state index in [2.05, 4.69) is 45.0 Å². The van der Waals surface area contributed by atoms with E-state index in [1.165, 1.54) is 35.4 Å². The van der Waals surface area contributed by atoms with Crippen LogP contribution in [0.3, 0.4) is 0 Å². The summed E-state index contributed by atoms with van der Waals surface area (Å²) in [5, 5.41) is 11.1. The van der Waals surface area contributed by atoms with Gasteiger partial charge in [-0.2, -0.15) is 35.9 Å². The van der Waals surface area contributed by atoms with E-state index in [9.17, 15) is 18.5 Å². The Morgan fingerprint density at radius 2 is 1.35 bits per heavy atom. The molecular weight excluding hydrogens is 671 g/mol. The standard InChI is InChI=1S/C17H12N3O4S.C15H15O.C5H5N.Ni/c21-20(22)16-10-3-4-11-17(16)25(23,24)19-15-9-2-1-7-13(15)14-8-5-6-12-18-14;1-3-7-14(8-4-1)11-12-16-13-15-9-5-2-6-10-15;1-2-4-6-5-3-1;/h1-12H;2-10H,11-13H2;1-5H;/q2*-1;;+2. The Kier molecular flexibility index (Phi) is 15.6. The van der Waals surface area contributed by atoms with Gasteiger partial charge < -0.3 is 9.46 Å². The molecule has 2 heterocycles. The minimum absolute atomic E-state index is 0. The number of pyridine rings is 2. The summed E-state index contributed by atoms with van der Waals surface area (Å²) < 4.78 is 34.7. The van der Waals surface area contributed by atoms with Gasteiger partial charge in [-0.05, 0) is 47.9 Å². The molecule has 6 rings (SSSR count). The molecule has 0 saturated heterocycles. The van der Waals surface area contributed by atoms with E-state index < -0.39 is 25.5 Å². The van der Waals surface area contributed by atoms with Crippen LogP contribution in [0.2, 0.25) is 0 Å². The number of para-hydroxylation sites is 1. The number of aromatic nitrogens is 2. The molecule has 0 N–H and O–H groups in total. The summed E-state index contributed by atoms with van der Waals surface area (Å²) >= 11 is 0. The van der Waals surface area contributed by atoms with Crippen molar-refractivity contribution in [3.63, 3.8) is 0 Å². The molecule has 0 aliphatic rings. The van der Waals surface area contributed by atoms with Crippen molar-refractivity contribution in [2.75, 3.05) is 6.61 Å². The molecule has 2 aromatic heterocycles. The molecule has 0 saturated carbocycles. The summed E-state index contributed by atoms with van der Waals surface area (Å²) in [7, 11) is -4.26. The van der Waals surface area contributed by atoms with Crippen LogP contribution in [0, 0.1) is 16.2 Å². The summed E-state index contributed by atoms with van der Waals surface area (Å²) in [4.78, 5) is 17.9. The van der Waals surface area contributed by atoms with Crippen LogP contribution < -0.4 is 0 Å². The monoisotopic (exact) mass is 702 g/mol. The molecule has 0 aliphatic heterocycles. The van der Waals surface area contributed by atoms with Crippen LogP contribution in [-0.4, -0.2) is 29.9 Å². The third-order valence-electron chi connectivity index (χ3n) is 6.40. The predicted molar refractivity (Wildman–Crippen MR) is 182 cm³/mol. The number of hydrogen-bond donors (Lipinski definition) is 0. The van der Waals surface area contributed by atoms with Crippen molar-refractivity contribution in [2.24, 2.45) is 0 Å². The van der Waals surface area contributed by atoms with Gasteiger partial charge in [-0.25, -0.2) is 8.42 Å². The van der Waals surface area contributed by atoms with Gasteiger partial charge >= 0.3 is 16.5 Å². The minimum atomic E-state index is -4.26. The third kappa shape index (κ3) is 12.2. The van der Waals surface area contributed by atoms with Crippen LogP contribution in [-0.2, 0) is 44.3 Å². The van der Waals surface area contributed by atoms with Gasteiger partial charge in [0.2, 0.25) is 0 Å². The molecule has 0 unspecified atom stereocenters. The van der Waals surface area contributed by atoms with E-state index in [0.29, 0.717) is 17.9 Å². The van der Waals surface area contributed by atoms with Crippen molar-refractivity contribution in [3.05, 3.63) is 190 Å². The third-order valence-corrected chi connectivity index (χ3v) is 7.74. The largest absolute Gasteiger partial charge is 2.00 e. The fourth-order valence-electron chi connectivity index (χ4n) is 4.15. The summed E-state index contributed by atoms with van der Waals surface area (Å²) in [6.45, 7) is 1.46. The van der Waals surface area contributed by atoms with Crippen LogP contribution in [0.15, 0.2) is 163 Å². The number of sulfonamides is 1. The molecule has 0 bridgehead atoms. The first-order valence-electron chi connectivity index (χ1n) is 14.6. The Labute approximate surface area is 290 Å². The molecule has 0 atom stereocenters. The molecule has 0 spiro atoms. The number of rotatable bonds is 10. The zero-order valence-electron chi connectivity index (χ0n) is 25.7. The van der Waals surface area contributed by atoms with Crippen molar-refractivity contribution in [1.82, 2.24) is 9.97 Å². The van der Waals surface area contributed by atoms with Crippen LogP contribution in [0.1, 0.15) is 11.1 Å². The van der Waals surface area contributed by atoms with Crippen molar-refractivity contribution in [1.29, 1.82) is 0 Å². The SMILES string of the molecule is O=[N+]([O-])c1ccccc1S(=O)(=O)[N-]c1ccccc1-c1ccccn1.[Ni+2].[c-]1ccc(CCOCc2ccccc2)cc1.c1ccncc1. The molecule has 0 amide bonds. The van der Waals surface area contributed by atoms with E-state index in [0.717, 1.165) is 19.1 Å². The van der Waals surface area contributed by atoms with E-state index in [1.807, 2.05) is 48.5 Å². The number of nitro benzene ring substituents is 1. The molecule has 6 aromatic rings. The maximum absolute atomic E-state index is 12.6. The average molecular weight is 703 g/mol. The molecule has 246 valence electrons. The van der Waals surface area contributed by atoms with Crippen LogP contribution in [0.25, 0.3) is 16.0 Å². The number of benzene rings is 4. The van der Waals surface area contributed by atoms with E-state index in [1.54, 1.807) is 55.0 Å². The zero-order chi connectivity index (χ0) is 33.2. The van der Waals surface area contributed by atoms with Crippen molar-refractivity contribution in [2.45, 2.75) is 17.9 Å². The van der Waals surface area contributed by atoms with Gasteiger partial charge in [0.05, 0.1) is 17.2 Å². The van der Waals surface area contributed by atoms with Gasteiger partial charge in [0.15, 0.2) is 0 Å². The van der Waals surface area contributed by atoms with Crippen molar-refractivity contribution >= 4 is 21.4 Å². The molecule has 0 aliphatic carbocycles. The van der Waals surface area contributed by atoms with Gasteiger partial charge in [-0.3, -0.25) is 20.1 Å². The van der Waals surface area contributed by atoms with Crippen LogP contribution in [0.4, 0.5) is 11.4 Å². The Hall–Kier alpha value is -5.22. The number of nitrogens with zero attached hydrogens (tertiary/aromatic N) is 4. The Morgan fingerprint density at radius 3 is 2.00 bits per heavy atom. The second-order valence-corrected chi connectivity index (χ2v) is 11.3. The molecule has 4 aromatic carbocycles. The van der Waals surface area contributed by atoms with E-state index in [4.69, 9.17) is 4.74 Å². The van der Waals surface area contributed by atoms with Gasteiger partial charge in [0.1, 0.15) is 14.9 Å². The second kappa shape index (κ2) is 20.1. The quantitative estimate of drug-likeness (QED) is 0.0461. The zero-order valence-corrected chi connectivity index (χ0v) is 27.5. The normalized spacial score (nSPS) is 10.2. The van der Waals surface area contributed by atoms with E-state index in [-0.39, 0.29) is 22.2 Å². The summed E-state index contributed by atoms with van der Waals surface area (Å²) in [6, 6.07) is 43.9. The molecular formula is C37H32N4NiO5S. The first kappa shape index (κ1) is 37.2. The first-order valence-corrected chi connectivity index (χ1v) is 16.0. The smallest absolute Gasteiger partial charge is 0.572 e. The van der Waals surface area contributed by atoms with Crippen molar-refractivity contribution in [3.8, 4) is 11.3 Å². The molecule has 0 fully saturated rings. The maximum Gasteiger partial charge on any atom is 2.00 e. The number of nitro groups is 1. The molecule has 48 heavy (non-hydrogen) atoms. The molecule has 0 radical (unpaired) electrons. The van der Waals surface area contributed by atoms with Crippen LogP contribution in [0.5, 0.6) is 0 Å². The topological polar surface area (TPSA) is 126 Å². The average Bonchev–Trinajstić information content (AvgIpc) is 3.13. The minimum Gasteiger partial charge on any atom is -0.572 e. The molecule has 11 heteroatoms. The van der Waals surface area contributed by atoms with Crippen LogP contribution >= 0.6 is 0 Å². The van der Waals surface area contributed by atoms with Gasteiger partial charge in [0.25, 0.3) is 5.69 Å². The fourth-order valence-corrected chi connectivity index (χ4v) is 5.33. The maximum atomic E-state index is 12.6. The Bertz CT molecular complexity index is 1830. The van der Waals surface area contributed by atoms with Crippen molar-refractivity contribution < 1.29 is 34.6 Å². The van der Waals surface area contributed by atoms with Gasteiger partial charge in [0, 0.05) is 31.3 Å². The van der Waals surface area contributed by atoms with Gasteiger partial charge in [-0.1, -0.05) is 78.9 Å². The first-order chi connectivity index (χ1) is 22.9. The fraction of sp³-hybridized carbons (Fsp3) is 0.0811. The Balaban J connectivity index is 0.000000231. The number of ether oxygens (including phenoxy) is 1. The summed E-state index contributed by atoms with van der Waals surface area (Å²) in [6.07, 6.45) is 6.05. The number of hydrogen-bond acceptors (Lipinski definition) is 7. The summed E-state index contributed by atoms with van der Waals surface area (Å²) in [5.41, 5.74) is 3.25. The second-order valence-electron chi connectivity index (χ2n) is 9.74. The summed E-state index contributed by atoms with van der Waals surface area (Å²) in [5.74, 6) is 0.